The Labute approximate surface area is 167 Å². The lowest BCUT2D eigenvalue weighted by Gasteiger charge is -2.29. The second-order valence-electron chi connectivity index (χ2n) is 6.14. The zero-order valence-corrected chi connectivity index (χ0v) is 16.1. The van der Waals surface area contributed by atoms with Crippen LogP contribution in [0.25, 0.3) is 5.69 Å². The van der Waals surface area contributed by atoms with Gasteiger partial charge in [0.15, 0.2) is 0 Å². The van der Waals surface area contributed by atoms with Crippen LogP contribution in [0, 0.1) is 0 Å². The van der Waals surface area contributed by atoms with Crippen LogP contribution in [0.4, 0.5) is 11.6 Å². The first-order chi connectivity index (χ1) is 13.2. The fourth-order valence-corrected chi connectivity index (χ4v) is 3.47. The van der Waals surface area contributed by atoms with E-state index < -0.39 is 0 Å². The Morgan fingerprint density at radius 1 is 1.04 bits per heavy atom. The Kier molecular flexibility index (Phi) is 5.48. The van der Waals surface area contributed by atoms with Crippen molar-refractivity contribution in [2.45, 2.75) is 6.54 Å². The number of anilines is 2. The minimum Gasteiger partial charge on any atom is -0.378 e. The Morgan fingerprint density at radius 2 is 1.89 bits per heavy atom. The number of halogens is 2. The van der Waals surface area contributed by atoms with Crippen LogP contribution in [-0.2, 0) is 11.3 Å². The predicted octanol–water partition coefficient (Wildman–Crippen LogP) is 4.02. The highest BCUT2D eigenvalue weighted by Gasteiger charge is 2.16. The number of nitrogens with one attached hydrogen (secondary N) is 1. The Morgan fingerprint density at radius 3 is 2.74 bits per heavy atom. The lowest BCUT2D eigenvalue weighted by molar-refractivity contribution is 0.122. The maximum Gasteiger partial charge on any atom is 0.133 e. The van der Waals surface area contributed by atoms with Crippen LogP contribution in [0.1, 0.15) is 5.56 Å². The molecule has 0 atom stereocenters. The number of nitrogens with zero attached hydrogens (tertiary/aromatic N) is 4. The molecule has 0 radical (unpaired) electrons. The van der Waals surface area contributed by atoms with Crippen molar-refractivity contribution in [3.8, 4) is 5.69 Å². The van der Waals surface area contributed by atoms with Crippen molar-refractivity contribution < 1.29 is 4.74 Å². The molecule has 0 spiro atoms. The topological polar surface area (TPSA) is 55.2 Å². The molecule has 1 saturated heterocycles. The molecule has 0 amide bonds. The highest BCUT2D eigenvalue weighted by atomic mass is 35.5. The second kappa shape index (κ2) is 8.17. The van der Waals surface area contributed by atoms with Gasteiger partial charge < -0.3 is 15.0 Å². The molecule has 1 aromatic carbocycles. The first-order valence-electron chi connectivity index (χ1n) is 8.73. The molecule has 3 aromatic rings. The molecular formula is C19H19Cl2N5O. The number of aromatic nitrogens is 3. The van der Waals surface area contributed by atoms with Gasteiger partial charge in [-0.1, -0.05) is 35.3 Å². The smallest absolute Gasteiger partial charge is 0.133 e. The number of rotatable bonds is 5. The van der Waals surface area contributed by atoms with Gasteiger partial charge in [0, 0.05) is 37.5 Å². The molecule has 0 saturated carbocycles. The summed E-state index contributed by atoms with van der Waals surface area (Å²) in [7, 11) is 0. The fraction of sp³-hybridized carbons (Fsp3) is 0.263. The Balaban J connectivity index is 1.56. The summed E-state index contributed by atoms with van der Waals surface area (Å²) in [6.07, 6.45) is 3.55. The third-order valence-electron chi connectivity index (χ3n) is 4.44. The number of hydrogen-bond acceptors (Lipinski definition) is 5. The maximum absolute atomic E-state index is 6.35. The SMILES string of the molecule is Clc1cccc(-n2nccc2NCc2cccnc2N2CCOCC2)c1Cl. The van der Waals surface area contributed by atoms with Crippen LogP contribution in [0.3, 0.4) is 0 Å². The van der Waals surface area contributed by atoms with E-state index in [9.17, 15) is 0 Å². The summed E-state index contributed by atoms with van der Waals surface area (Å²) in [5, 5.41) is 8.79. The molecule has 4 rings (SSSR count). The van der Waals surface area contributed by atoms with E-state index in [0.717, 1.165) is 49.2 Å². The van der Waals surface area contributed by atoms with Crippen molar-refractivity contribution in [1.29, 1.82) is 0 Å². The molecule has 3 heterocycles. The van der Waals surface area contributed by atoms with Crippen LogP contribution in [0.5, 0.6) is 0 Å². The molecular weight excluding hydrogens is 385 g/mol. The Bertz CT molecular complexity index is 924. The van der Waals surface area contributed by atoms with E-state index in [1.165, 1.54) is 0 Å². The molecule has 1 fully saturated rings. The van der Waals surface area contributed by atoms with Gasteiger partial charge in [-0.05, 0) is 18.2 Å². The van der Waals surface area contributed by atoms with Gasteiger partial charge in [0.25, 0.3) is 0 Å². The van der Waals surface area contributed by atoms with Crippen LogP contribution in [0.15, 0.2) is 48.8 Å². The molecule has 0 unspecified atom stereocenters. The van der Waals surface area contributed by atoms with E-state index >= 15 is 0 Å². The van der Waals surface area contributed by atoms with Gasteiger partial charge >= 0.3 is 0 Å². The van der Waals surface area contributed by atoms with E-state index in [-0.39, 0.29) is 0 Å². The number of ether oxygens (including phenoxy) is 1. The minimum absolute atomic E-state index is 0.473. The normalized spacial score (nSPS) is 14.4. The summed E-state index contributed by atoms with van der Waals surface area (Å²) < 4.78 is 7.19. The lowest BCUT2D eigenvalue weighted by atomic mass is 10.2. The monoisotopic (exact) mass is 403 g/mol. The quantitative estimate of drug-likeness (QED) is 0.696. The first kappa shape index (κ1) is 18.1. The van der Waals surface area contributed by atoms with Crippen molar-refractivity contribution in [2.75, 3.05) is 36.5 Å². The van der Waals surface area contributed by atoms with E-state index in [4.69, 9.17) is 27.9 Å². The molecule has 1 aliphatic rings. The van der Waals surface area contributed by atoms with E-state index in [1.807, 2.05) is 30.5 Å². The van der Waals surface area contributed by atoms with Crippen LogP contribution < -0.4 is 10.2 Å². The van der Waals surface area contributed by atoms with Crippen molar-refractivity contribution in [1.82, 2.24) is 14.8 Å². The lowest BCUT2D eigenvalue weighted by Crippen LogP contribution is -2.37. The summed E-state index contributed by atoms with van der Waals surface area (Å²) >= 11 is 12.5. The van der Waals surface area contributed by atoms with Crippen molar-refractivity contribution in [2.24, 2.45) is 0 Å². The summed E-state index contributed by atoms with van der Waals surface area (Å²) in [6.45, 7) is 3.76. The van der Waals surface area contributed by atoms with Gasteiger partial charge in [-0.3, -0.25) is 0 Å². The largest absolute Gasteiger partial charge is 0.378 e. The highest BCUT2D eigenvalue weighted by Crippen LogP contribution is 2.30. The van der Waals surface area contributed by atoms with Gasteiger partial charge in [0.1, 0.15) is 11.6 Å². The van der Waals surface area contributed by atoms with Crippen molar-refractivity contribution in [3.05, 3.63) is 64.4 Å². The molecule has 8 heteroatoms. The van der Waals surface area contributed by atoms with Crippen molar-refractivity contribution in [3.63, 3.8) is 0 Å². The number of morpholine rings is 1. The van der Waals surface area contributed by atoms with E-state index in [1.54, 1.807) is 16.9 Å². The molecule has 27 heavy (non-hydrogen) atoms. The number of benzene rings is 1. The molecule has 2 aromatic heterocycles. The summed E-state index contributed by atoms with van der Waals surface area (Å²) in [4.78, 5) is 6.83. The van der Waals surface area contributed by atoms with Gasteiger partial charge in [-0.2, -0.15) is 5.10 Å². The van der Waals surface area contributed by atoms with Crippen LogP contribution in [-0.4, -0.2) is 41.1 Å². The molecule has 6 nitrogen and oxygen atoms in total. The highest BCUT2D eigenvalue weighted by molar-refractivity contribution is 6.43. The average Bonchev–Trinajstić information content (AvgIpc) is 3.18. The second-order valence-corrected chi connectivity index (χ2v) is 6.93. The van der Waals surface area contributed by atoms with Crippen molar-refractivity contribution >= 4 is 34.8 Å². The molecule has 0 bridgehead atoms. The van der Waals surface area contributed by atoms with Crippen LogP contribution >= 0.6 is 23.2 Å². The first-order valence-corrected chi connectivity index (χ1v) is 9.48. The standard InChI is InChI=1S/C19H19Cl2N5O/c20-15-4-1-5-16(18(15)21)26-17(6-8-24-26)23-13-14-3-2-7-22-19(14)25-9-11-27-12-10-25/h1-8,23H,9-13H2. The summed E-state index contributed by atoms with van der Waals surface area (Å²) in [5.41, 5.74) is 1.85. The van der Waals surface area contributed by atoms with Gasteiger partial charge in [0.05, 0.1) is 35.1 Å². The molecule has 0 aliphatic carbocycles. The third-order valence-corrected chi connectivity index (χ3v) is 5.25. The maximum atomic E-state index is 6.35. The zero-order chi connectivity index (χ0) is 18.6. The number of pyridine rings is 1. The molecule has 140 valence electrons. The summed E-state index contributed by atoms with van der Waals surface area (Å²) in [5.74, 6) is 1.82. The van der Waals surface area contributed by atoms with Gasteiger partial charge in [0.2, 0.25) is 0 Å². The predicted molar refractivity (Wildman–Crippen MR) is 108 cm³/mol. The minimum atomic E-state index is 0.473. The van der Waals surface area contributed by atoms with Gasteiger partial charge in [-0.25, -0.2) is 9.67 Å². The molecule has 1 aliphatic heterocycles. The van der Waals surface area contributed by atoms with Crippen LogP contribution in [0.2, 0.25) is 10.0 Å². The third kappa shape index (κ3) is 3.88. The van der Waals surface area contributed by atoms with E-state index in [2.05, 4.69) is 26.4 Å². The zero-order valence-electron chi connectivity index (χ0n) is 14.6. The Hall–Kier alpha value is -2.28. The summed E-state index contributed by atoms with van der Waals surface area (Å²) in [6, 6.07) is 11.4. The average molecular weight is 404 g/mol. The fourth-order valence-electron chi connectivity index (χ4n) is 3.10. The van der Waals surface area contributed by atoms with Gasteiger partial charge in [-0.15, -0.1) is 0 Å². The van der Waals surface area contributed by atoms with E-state index in [0.29, 0.717) is 16.6 Å². The number of hydrogen-bond donors (Lipinski definition) is 1. The molecule has 1 N–H and O–H groups in total.